The Kier molecular flexibility index (Phi) is 8.15. The second-order valence-corrected chi connectivity index (χ2v) is 5.29. The number of hydrogen-bond donors (Lipinski definition) is 0. The average Bonchev–Trinajstić information content (AvgIpc) is 2.16. The monoisotopic (exact) mass is 220 g/mol. The molecule has 0 aliphatic heterocycles. The first-order valence-corrected chi connectivity index (χ1v) is 6.90. The van der Waals surface area contributed by atoms with Gasteiger partial charge >= 0.3 is 7.60 Å². The molecule has 0 aromatic rings. The Hall–Kier alpha value is -0.110. The van der Waals surface area contributed by atoms with Crippen molar-refractivity contribution in [1.29, 1.82) is 0 Å². The third-order valence-corrected chi connectivity index (χ3v) is 3.79. The molecule has 0 bridgehead atoms. The molecule has 0 aromatic carbocycles. The lowest BCUT2D eigenvalue weighted by molar-refractivity contribution is 0.216. The maximum atomic E-state index is 12.0. The standard InChI is InChI=1S/C10H21O3P/c1-4-7-9-13-14(11,10-6-3)12-8-5-2/h5H,2,4,6-10H2,1,3H3. The highest BCUT2D eigenvalue weighted by atomic mass is 31.2. The van der Waals surface area contributed by atoms with Crippen LogP contribution in [-0.4, -0.2) is 19.4 Å². The Morgan fingerprint density at radius 3 is 2.50 bits per heavy atom. The molecule has 0 N–H and O–H groups in total. The van der Waals surface area contributed by atoms with Crippen molar-refractivity contribution in [3.63, 3.8) is 0 Å². The summed E-state index contributed by atoms with van der Waals surface area (Å²) >= 11 is 0. The van der Waals surface area contributed by atoms with Gasteiger partial charge in [0.1, 0.15) is 0 Å². The van der Waals surface area contributed by atoms with Gasteiger partial charge in [-0.05, 0) is 12.8 Å². The molecule has 3 nitrogen and oxygen atoms in total. The molecule has 0 radical (unpaired) electrons. The van der Waals surface area contributed by atoms with Gasteiger partial charge in [-0.1, -0.05) is 26.3 Å². The van der Waals surface area contributed by atoms with Crippen LogP contribution in [0, 0.1) is 0 Å². The van der Waals surface area contributed by atoms with Crippen LogP contribution in [0.5, 0.6) is 0 Å². The largest absolute Gasteiger partial charge is 0.330 e. The predicted molar refractivity (Wildman–Crippen MR) is 59.8 cm³/mol. The van der Waals surface area contributed by atoms with Gasteiger partial charge in [0.2, 0.25) is 0 Å². The van der Waals surface area contributed by atoms with Crippen molar-refractivity contribution < 1.29 is 13.6 Å². The van der Waals surface area contributed by atoms with Crippen LogP contribution in [0.25, 0.3) is 0 Å². The molecule has 0 heterocycles. The third-order valence-electron chi connectivity index (χ3n) is 1.67. The van der Waals surface area contributed by atoms with Gasteiger partial charge in [-0.15, -0.1) is 6.58 Å². The molecule has 1 atom stereocenters. The highest BCUT2D eigenvalue weighted by Crippen LogP contribution is 2.48. The fourth-order valence-corrected chi connectivity index (χ4v) is 2.57. The SMILES string of the molecule is C=CCOP(=O)(CCC)OCCCC. The molecule has 84 valence electrons. The summed E-state index contributed by atoms with van der Waals surface area (Å²) in [5.74, 6) is 0. The summed E-state index contributed by atoms with van der Waals surface area (Å²) in [5, 5.41) is 0. The molecular weight excluding hydrogens is 199 g/mol. The first kappa shape index (κ1) is 13.9. The minimum absolute atomic E-state index is 0.295. The molecule has 14 heavy (non-hydrogen) atoms. The van der Waals surface area contributed by atoms with Crippen LogP contribution >= 0.6 is 7.60 Å². The van der Waals surface area contributed by atoms with E-state index in [1.54, 1.807) is 6.08 Å². The van der Waals surface area contributed by atoms with Gasteiger partial charge < -0.3 is 9.05 Å². The zero-order valence-corrected chi connectivity index (χ0v) is 10.1. The van der Waals surface area contributed by atoms with Crippen LogP contribution in [0.2, 0.25) is 0 Å². The second-order valence-electron chi connectivity index (χ2n) is 3.11. The molecule has 0 saturated carbocycles. The van der Waals surface area contributed by atoms with Gasteiger partial charge in [-0.25, -0.2) is 0 Å². The Labute approximate surface area is 87.0 Å². The molecule has 0 fully saturated rings. The Morgan fingerprint density at radius 1 is 1.29 bits per heavy atom. The van der Waals surface area contributed by atoms with Crippen LogP contribution in [0.3, 0.4) is 0 Å². The molecule has 0 aliphatic carbocycles. The molecule has 1 unspecified atom stereocenters. The summed E-state index contributed by atoms with van der Waals surface area (Å²) in [6, 6.07) is 0. The summed E-state index contributed by atoms with van der Waals surface area (Å²) in [4.78, 5) is 0. The van der Waals surface area contributed by atoms with E-state index in [0.29, 0.717) is 19.4 Å². The van der Waals surface area contributed by atoms with Crippen LogP contribution in [0.4, 0.5) is 0 Å². The molecule has 0 aromatic heterocycles. The van der Waals surface area contributed by atoms with Crippen LogP contribution in [-0.2, 0) is 13.6 Å². The van der Waals surface area contributed by atoms with E-state index >= 15 is 0 Å². The third kappa shape index (κ3) is 6.36. The molecule has 0 saturated heterocycles. The van der Waals surface area contributed by atoms with Crippen molar-refractivity contribution in [2.24, 2.45) is 0 Å². The molecule has 0 spiro atoms. The lowest BCUT2D eigenvalue weighted by Crippen LogP contribution is -2.01. The number of rotatable bonds is 9. The Balaban J connectivity index is 3.95. The zero-order valence-electron chi connectivity index (χ0n) is 9.20. The Bertz CT molecular complexity index is 192. The summed E-state index contributed by atoms with van der Waals surface area (Å²) in [5.41, 5.74) is 0. The van der Waals surface area contributed by atoms with Crippen molar-refractivity contribution in [3.8, 4) is 0 Å². The molecule has 4 heteroatoms. The fourth-order valence-electron chi connectivity index (χ4n) is 0.954. The molecule has 0 amide bonds. The van der Waals surface area contributed by atoms with Gasteiger partial charge in [0.25, 0.3) is 0 Å². The quantitative estimate of drug-likeness (QED) is 0.338. The van der Waals surface area contributed by atoms with Gasteiger partial charge in [0.05, 0.1) is 13.2 Å². The first-order chi connectivity index (χ1) is 6.68. The predicted octanol–water partition coefficient (Wildman–Crippen LogP) is 3.61. The Morgan fingerprint density at radius 2 is 2.00 bits per heavy atom. The summed E-state index contributed by atoms with van der Waals surface area (Å²) < 4.78 is 22.4. The minimum atomic E-state index is -2.84. The van der Waals surface area contributed by atoms with E-state index in [4.69, 9.17) is 9.05 Å². The average molecular weight is 220 g/mol. The fraction of sp³-hybridized carbons (Fsp3) is 0.800. The maximum Gasteiger partial charge on any atom is 0.330 e. The smallest absolute Gasteiger partial charge is 0.309 e. The van der Waals surface area contributed by atoms with Crippen molar-refractivity contribution in [2.45, 2.75) is 33.1 Å². The van der Waals surface area contributed by atoms with E-state index in [0.717, 1.165) is 19.3 Å². The van der Waals surface area contributed by atoms with Crippen molar-refractivity contribution in [3.05, 3.63) is 12.7 Å². The maximum absolute atomic E-state index is 12.0. The number of unbranched alkanes of at least 4 members (excludes halogenated alkanes) is 1. The molecule has 0 aliphatic rings. The lowest BCUT2D eigenvalue weighted by atomic mass is 10.4. The van der Waals surface area contributed by atoms with Gasteiger partial charge in [0.15, 0.2) is 0 Å². The highest BCUT2D eigenvalue weighted by Gasteiger charge is 2.22. The summed E-state index contributed by atoms with van der Waals surface area (Å²) in [6.07, 6.45) is 4.84. The van der Waals surface area contributed by atoms with E-state index in [-0.39, 0.29) is 0 Å². The van der Waals surface area contributed by atoms with Crippen molar-refractivity contribution in [1.82, 2.24) is 0 Å². The second kappa shape index (κ2) is 8.22. The molecule has 0 rings (SSSR count). The normalized spacial score (nSPS) is 15.0. The highest BCUT2D eigenvalue weighted by molar-refractivity contribution is 7.53. The zero-order chi connectivity index (χ0) is 10.9. The van der Waals surface area contributed by atoms with E-state index < -0.39 is 7.60 Å². The minimum Gasteiger partial charge on any atom is -0.309 e. The van der Waals surface area contributed by atoms with Gasteiger partial charge in [0, 0.05) is 6.16 Å². The van der Waals surface area contributed by atoms with E-state index in [2.05, 4.69) is 13.5 Å². The van der Waals surface area contributed by atoms with Crippen LogP contribution < -0.4 is 0 Å². The van der Waals surface area contributed by atoms with E-state index in [1.165, 1.54) is 0 Å². The van der Waals surface area contributed by atoms with Crippen molar-refractivity contribution >= 4 is 7.60 Å². The lowest BCUT2D eigenvalue weighted by Gasteiger charge is -2.16. The van der Waals surface area contributed by atoms with Crippen LogP contribution in [0.15, 0.2) is 12.7 Å². The first-order valence-electron chi connectivity index (χ1n) is 5.17. The van der Waals surface area contributed by atoms with Crippen molar-refractivity contribution in [2.75, 3.05) is 19.4 Å². The summed E-state index contributed by atoms with van der Waals surface area (Å²) in [6.45, 7) is 8.37. The number of hydrogen-bond acceptors (Lipinski definition) is 3. The molecular formula is C10H21O3P. The van der Waals surface area contributed by atoms with E-state index in [1.807, 2.05) is 6.92 Å². The topological polar surface area (TPSA) is 35.5 Å². The summed E-state index contributed by atoms with van der Waals surface area (Å²) in [7, 11) is -2.84. The van der Waals surface area contributed by atoms with Crippen LogP contribution in [0.1, 0.15) is 33.1 Å². The van der Waals surface area contributed by atoms with Gasteiger partial charge in [-0.3, -0.25) is 4.57 Å². The van der Waals surface area contributed by atoms with Gasteiger partial charge in [-0.2, -0.15) is 0 Å². The van der Waals surface area contributed by atoms with E-state index in [9.17, 15) is 4.57 Å².